The molecule has 0 saturated heterocycles. The number of nitrogens with zero attached hydrogens (tertiary/aromatic N) is 3. The first-order valence-electron chi connectivity index (χ1n) is 7.95. The van der Waals surface area contributed by atoms with Gasteiger partial charge in [0.25, 0.3) is 0 Å². The van der Waals surface area contributed by atoms with Crippen LogP contribution >= 0.6 is 0 Å². The lowest BCUT2D eigenvalue weighted by molar-refractivity contribution is 0.477. The molecule has 1 unspecified atom stereocenters. The minimum atomic E-state index is 0.507. The molecule has 0 saturated carbocycles. The monoisotopic (exact) mass is 286 g/mol. The number of aromatic nitrogens is 3. The maximum absolute atomic E-state index is 4.37. The number of hydrogen-bond acceptors (Lipinski definition) is 3. The fraction of sp³-hybridized carbons (Fsp3) is 0.529. The Balaban J connectivity index is 1.90. The fourth-order valence-corrected chi connectivity index (χ4v) is 2.48. The highest BCUT2D eigenvalue weighted by Gasteiger charge is 2.10. The first kappa shape index (κ1) is 15.7. The van der Waals surface area contributed by atoms with Crippen molar-refractivity contribution in [1.82, 2.24) is 20.1 Å². The van der Waals surface area contributed by atoms with Crippen LogP contribution in [-0.2, 0) is 19.4 Å². The standard InChI is InChI=1S/C17H26N4/c1-3-9-19-17(6-5-15-7-10-18-11-8-15)12-16-13-20-21(4-2)14-16/h7-8,10-11,13-14,17,19H,3-6,9,12H2,1-2H3. The molecule has 2 aromatic rings. The Morgan fingerprint density at radius 3 is 2.67 bits per heavy atom. The van der Waals surface area contributed by atoms with E-state index in [0.717, 1.165) is 32.4 Å². The van der Waals surface area contributed by atoms with E-state index >= 15 is 0 Å². The molecule has 0 aromatic carbocycles. The molecule has 0 aliphatic heterocycles. The van der Waals surface area contributed by atoms with E-state index in [0.29, 0.717) is 6.04 Å². The summed E-state index contributed by atoms with van der Waals surface area (Å²) in [6.07, 6.45) is 12.3. The second-order valence-corrected chi connectivity index (χ2v) is 5.45. The normalized spacial score (nSPS) is 12.5. The third-order valence-corrected chi connectivity index (χ3v) is 3.71. The van der Waals surface area contributed by atoms with Gasteiger partial charge < -0.3 is 5.32 Å². The number of hydrogen-bond donors (Lipinski definition) is 1. The van der Waals surface area contributed by atoms with Crippen LogP contribution in [0.1, 0.15) is 37.8 Å². The van der Waals surface area contributed by atoms with Crippen LogP contribution in [0.5, 0.6) is 0 Å². The molecule has 2 rings (SSSR count). The maximum Gasteiger partial charge on any atom is 0.0522 e. The van der Waals surface area contributed by atoms with Crippen molar-refractivity contribution in [2.45, 2.75) is 52.1 Å². The van der Waals surface area contributed by atoms with Crippen molar-refractivity contribution in [3.8, 4) is 0 Å². The summed E-state index contributed by atoms with van der Waals surface area (Å²) in [6.45, 7) is 6.34. The zero-order valence-corrected chi connectivity index (χ0v) is 13.1. The third kappa shape index (κ3) is 5.31. The lowest BCUT2D eigenvalue weighted by Crippen LogP contribution is -2.32. The van der Waals surface area contributed by atoms with Gasteiger partial charge in [0.1, 0.15) is 0 Å². The van der Waals surface area contributed by atoms with Crippen LogP contribution in [0, 0.1) is 0 Å². The van der Waals surface area contributed by atoms with E-state index in [1.54, 1.807) is 0 Å². The zero-order valence-electron chi connectivity index (χ0n) is 13.1. The summed E-state index contributed by atoms with van der Waals surface area (Å²) in [5.41, 5.74) is 2.68. The Kier molecular flexibility index (Phi) is 6.41. The molecule has 0 bridgehead atoms. The van der Waals surface area contributed by atoms with Crippen molar-refractivity contribution in [2.24, 2.45) is 0 Å². The van der Waals surface area contributed by atoms with Crippen molar-refractivity contribution in [1.29, 1.82) is 0 Å². The number of pyridine rings is 1. The molecule has 4 heteroatoms. The van der Waals surface area contributed by atoms with Gasteiger partial charge in [0, 0.05) is 31.2 Å². The predicted octanol–water partition coefficient (Wildman–Crippen LogP) is 2.84. The average Bonchev–Trinajstić information content (AvgIpc) is 2.98. The Morgan fingerprint density at radius 2 is 2.00 bits per heavy atom. The molecular formula is C17H26N4. The fourth-order valence-electron chi connectivity index (χ4n) is 2.48. The van der Waals surface area contributed by atoms with Gasteiger partial charge in [-0.15, -0.1) is 0 Å². The van der Waals surface area contributed by atoms with Crippen molar-refractivity contribution in [3.63, 3.8) is 0 Å². The van der Waals surface area contributed by atoms with Crippen molar-refractivity contribution in [2.75, 3.05) is 6.54 Å². The van der Waals surface area contributed by atoms with E-state index in [2.05, 4.69) is 47.6 Å². The Labute approximate surface area is 127 Å². The molecule has 0 aliphatic carbocycles. The highest BCUT2D eigenvalue weighted by molar-refractivity contribution is 5.11. The smallest absolute Gasteiger partial charge is 0.0522 e. The first-order valence-corrected chi connectivity index (χ1v) is 7.95. The van der Waals surface area contributed by atoms with Gasteiger partial charge in [0.05, 0.1) is 6.20 Å². The van der Waals surface area contributed by atoms with Crippen molar-refractivity contribution < 1.29 is 0 Å². The molecule has 114 valence electrons. The minimum absolute atomic E-state index is 0.507. The molecule has 0 spiro atoms. The van der Waals surface area contributed by atoms with Gasteiger partial charge in [0.15, 0.2) is 0 Å². The average molecular weight is 286 g/mol. The Morgan fingerprint density at radius 1 is 1.19 bits per heavy atom. The topological polar surface area (TPSA) is 42.7 Å². The van der Waals surface area contributed by atoms with E-state index in [1.807, 2.05) is 23.3 Å². The molecule has 21 heavy (non-hydrogen) atoms. The lowest BCUT2D eigenvalue weighted by Gasteiger charge is -2.17. The maximum atomic E-state index is 4.37. The van der Waals surface area contributed by atoms with E-state index in [4.69, 9.17) is 0 Å². The van der Waals surface area contributed by atoms with Crippen LogP contribution in [0.25, 0.3) is 0 Å². The zero-order chi connectivity index (χ0) is 14.9. The van der Waals surface area contributed by atoms with Gasteiger partial charge in [-0.25, -0.2) is 0 Å². The molecular weight excluding hydrogens is 260 g/mol. The van der Waals surface area contributed by atoms with Crippen molar-refractivity contribution >= 4 is 0 Å². The number of nitrogens with one attached hydrogen (secondary N) is 1. The van der Waals surface area contributed by atoms with Crippen LogP contribution in [0.2, 0.25) is 0 Å². The van der Waals surface area contributed by atoms with Crippen LogP contribution in [0.4, 0.5) is 0 Å². The van der Waals surface area contributed by atoms with Gasteiger partial charge in [-0.1, -0.05) is 6.92 Å². The van der Waals surface area contributed by atoms with Crippen LogP contribution in [-0.4, -0.2) is 27.4 Å². The molecule has 0 amide bonds. The molecule has 4 nitrogen and oxygen atoms in total. The van der Waals surface area contributed by atoms with E-state index < -0.39 is 0 Å². The van der Waals surface area contributed by atoms with Gasteiger partial charge in [-0.05, 0) is 62.4 Å². The summed E-state index contributed by atoms with van der Waals surface area (Å²) in [6, 6.07) is 4.71. The summed E-state index contributed by atoms with van der Waals surface area (Å²) < 4.78 is 2.00. The minimum Gasteiger partial charge on any atom is -0.314 e. The molecule has 2 aromatic heterocycles. The molecule has 2 heterocycles. The molecule has 1 atom stereocenters. The number of rotatable bonds is 9. The van der Waals surface area contributed by atoms with Gasteiger partial charge >= 0.3 is 0 Å². The second kappa shape index (κ2) is 8.57. The third-order valence-electron chi connectivity index (χ3n) is 3.71. The second-order valence-electron chi connectivity index (χ2n) is 5.45. The van der Waals surface area contributed by atoms with Crippen LogP contribution < -0.4 is 5.32 Å². The Hall–Kier alpha value is -1.68. The van der Waals surface area contributed by atoms with Gasteiger partial charge in [-0.3, -0.25) is 9.67 Å². The summed E-state index contributed by atoms with van der Waals surface area (Å²) in [7, 11) is 0. The summed E-state index contributed by atoms with van der Waals surface area (Å²) in [4.78, 5) is 4.08. The highest BCUT2D eigenvalue weighted by atomic mass is 15.3. The predicted molar refractivity (Wildman–Crippen MR) is 86.2 cm³/mol. The molecule has 1 N–H and O–H groups in total. The van der Waals surface area contributed by atoms with Gasteiger partial charge in [-0.2, -0.15) is 5.10 Å². The highest BCUT2D eigenvalue weighted by Crippen LogP contribution is 2.10. The Bertz CT molecular complexity index is 507. The summed E-state index contributed by atoms with van der Waals surface area (Å²) >= 11 is 0. The van der Waals surface area contributed by atoms with Crippen molar-refractivity contribution in [3.05, 3.63) is 48.0 Å². The molecule has 0 radical (unpaired) electrons. The lowest BCUT2D eigenvalue weighted by atomic mass is 10.0. The first-order chi connectivity index (χ1) is 10.3. The molecule has 0 fully saturated rings. The van der Waals surface area contributed by atoms with Gasteiger partial charge in [0.2, 0.25) is 0 Å². The van der Waals surface area contributed by atoms with E-state index in [9.17, 15) is 0 Å². The van der Waals surface area contributed by atoms with E-state index in [1.165, 1.54) is 17.5 Å². The quantitative estimate of drug-likeness (QED) is 0.771. The van der Waals surface area contributed by atoms with Crippen LogP contribution in [0.15, 0.2) is 36.9 Å². The van der Waals surface area contributed by atoms with E-state index in [-0.39, 0.29) is 0 Å². The SMILES string of the molecule is CCCNC(CCc1ccncc1)Cc1cnn(CC)c1. The largest absolute Gasteiger partial charge is 0.314 e. The number of aryl methyl sites for hydroxylation is 2. The molecule has 0 aliphatic rings. The van der Waals surface area contributed by atoms with Crippen LogP contribution in [0.3, 0.4) is 0 Å². The summed E-state index contributed by atoms with van der Waals surface area (Å²) in [5, 5.41) is 8.03. The summed E-state index contributed by atoms with van der Waals surface area (Å²) in [5.74, 6) is 0.